The number of nitrogens with zero attached hydrogens (tertiary/aromatic N) is 4. The van der Waals surface area contributed by atoms with E-state index in [0.29, 0.717) is 16.7 Å². The first-order valence-electron chi connectivity index (χ1n) is 9.94. The summed E-state index contributed by atoms with van der Waals surface area (Å²) in [5, 5.41) is 17.8. The molecule has 2 aromatic carbocycles. The summed E-state index contributed by atoms with van der Waals surface area (Å²) in [6.45, 7) is 3.02. The van der Waals surface area contributed by atoms with Crippen LogP contribution in [0, 0.1) is 11.6 Å². The number of benzene rings is 2. The molecule has 0 atom stereocenters. The van der Waals surface area contributed by atoms with Gasteiger partial charge in [0.15, 0.2) is 29.8 Å². The summed E-state index contributed by atoms with van der Waals surface area (Å²) < 4.78 is 35.5. The fourth-order valence-corrected chi connectivity index (χ4v) is 3.40. The van der Waals surface area contributed by atoms with Crippen LogP contribution >= 0.6 is 11.6 Å². The van der Waals surface area contributed by atoms with Crippen LogP contribution < -0.4 is 15.4 Å². The second kappa shape index (κ2) is 9.02. The normalized spacial score (nSPS) is 11.2. The number of rotatable bonds is 7. The van der Waals surface area contributed by atoms with Gasteiger partial charge in [0.05, 0.1) is 22.4 Å². The van der Waals surface area contributed by atoms with Crippen LogP contribution in [0.4, 0.5) is 20.4 Å². The number of halogens is 3. The third-order valence-corrected chi connectivity index (χ3v) is 5.03. The van der Waals surface area contributed by atoms with Gasteiger partial charge in [-0.2, -0.15) is 10.1 Å². The van der Waals surface area contributed by atoms with E-state index in [0.717, 1.165) is 23.0 Å². The summed E-state index contributed by atoms with van der Waals surface area (Å²) in [7, 11) is 1.63. The number of hydrogen-bond acceptors (Lipinski definition) is 6. The lowest BCUT2D eigenvalue weighted by molar-refractivity contribution is -0.123. The average molecular weight is 476 g/mol. The lowest BCUT2D eigenvalue weighted by Crippen LogP contribution is -2.34. The number of carbonyl (C=O) groups excluding carboxylic acids is 1. The Labute approximate surface area is 192 Å². The summed E-state index contributed by atoms with van der Waals surface area (Å²) in [6, 6.07) is 5.52. The monoisotopic (exact) mass is 475 g/mol. The van der Waals surface area contributed by atoms with E-state index in [2.05, 4.69) is 30.9 Å². The summed E-state index contributed by atoms with van der Waals surface area (Å²) in [5.74, 6) is -2.69. The lowest BCUT2D eigenvalue weighted by Gasteiger charge is -2.11. The highest BCUT2D eigenvalue weighted by atomic mass is 35.5. The first-order valence-corrected chi connectivity index (χ1v) is 10.3. The van der Waals surface area contributed by atoms with Crippen LogP contribution in [0.3, 0.4) is 0 Å². The molecule has 0 bridgehead atoms. The van der Waals surface area contributed by atoms with Gasteiger partial charge in [0.2, 0.25) is 5.95 Å². The van der Waals surface area contributed by atoms with Crippen molar-refractivity contribution in [2.45, 2.75) is 19.9 Å². The molecule has 0 fully saturated rings. The van der Waals surface area contributed by atoms with Crippen LogP contribution in [0.25, 0.3) is 22.3 Å². The SMILES string of the molecule is CC(C)NC(=O)COc1c(F)cc(-c2nc(Nc3ccc4[nH]ncc4c3Cl)n(C)n2)cc1F. The Morgan fingerprint density at radius 3 is 2.70 bits per heavy atom. The summed E-state index contributed by atoms with van der Waals surface area (Å²) in [6.07, 6.45) is 1.60. The van der Waals surface area contributed by atoms with Gasteiger partial charge in [-0.1, -0.05) is 11.6 Å². The van der Waals surface area contributed by atoms with Crippen molar-refractivity contribution in [3.63, 3.8) is 0 Å². The minimum atomic E-state index is -0.974. The average Bonchev–Trinajstić information content (AvgIpc) is 3.36. The van der Waals surface area contributed by atoms with Crippen molar-refractivity contribution < 1.29 is 18.3 Å². The first kappa shape index (κ1) is 22.5. The molecule has 0 radical (unpaired) electrons. The predicted molar refractivity (Wildman–Crippen MR) is 120 cm³/mol. The second-order valence-electron chi connectivity index (χ2n) is 7.55. The number of carbonyl (C=O) groups is 1. The van der Waals surface area contributed by atoms with Gasteiger partial charge >= 0.3 is 0 Å². The van der Waals surface area contributed by atoms with Gasteiger partial charge < -0.3 is 15.4 Å². The molecule has 33 heavy (non-hydrogen) atoms. The number of amides is 1. The number of aromatic nitrogens is 5. The molecule has 1 amide bonds. The maximum atomic E-state index is 14.5. The van der Waals surface area contributed by atoms with Gasteiger partial charge in [-0.3, -0.25) is 9.89 Å². The van der Waals surface area contributed by atoms with Gasteiger partial charge in [0, 0.05) is 24.0 Å². The minimum absolute atomic E-state index is 0.0856. The van der Waals surface area contributed by atoms with Gasteiger partial charge in [-0.25, -0.2) is 13.5 Å². The van der Waals surface area contributed by atoms with Crippen LogP contribution in [0.15, 0.2) is 30.5 Å². The van der Waals surface area contributed by atoms with E-state index in [4.69, 9.17) is 16.3 Å². The molecule has 0 saturated carbocycles. The molecular weight excluding hydrogens is 456 g/mol. The van der Waals surface area contributed by atoms with E-state index in [1.807, 2.05) is 0 Å². The molecule has 0 aliphatic rings. The van der Waals surface area contributed by atoms with E-state index in [-0.39, 0.29) is 17.4 Å². The number of H-pyrrole nitrogens is 1. The van der Waals surface area contributed by atoms with Crippen LogP contribution in [-0.2, 0) is 11.8 Å². The molecule has 4 rings (SSSR count). The zero-order valence-electron chi connectivity index (χ0n) is 17.9. The Morgan fingerprint density at radius 1 is 1.27 bits per heavy atom. The highest BCUT2D eigenvalue weighted by Gasteiger charge is 2.19. The fourth-order valence-electron chi connectivity index (χ4n) is 3.14. The number of hydrogen-bond donors (Lipinski definition) is 3. The van der Waals surface area contributed by atoms with Crippen molar-refractivity contribution in [3.8, 4) is 17.1 Å². The predicted octanol–water partition coefficient (Wildman–Crippen LogP) is 3.94. The molecule has 9 nitrogen and oxygen atoms in total. The topological polar surface area (TPSA) is 110 Å². The van der Waals surface area contributed by atoms with Crippen molar-refractivity contribution in [3.05, 3.63) is 47.1 Å². The summed E-state index contributed by atoms with van der Waals surface area (Å²) >= 11 is 6.43. The van der Waals surface area contributed by atoms with Crippen LogP contribution in [0.1, 0.15) is 13.8 Å². The molecule has 3 N–H and O–H groups in total. The number of fused-ring (bicyclic) bond motifs is 1. The smallest absolute Gasteiger partial charge is 0.258 e. The largest absolute Gasteiger partial charge is 0.478 e. The molecule has 0 aliphatic carbocycles. The molecule has 2 heterocycles. The van der Waals surface area contributed by atoms with Crippen molar-refractivity contribution in [2.24, 2.45) is 7.05 Å². The minimum Gasteiger partial charge on any atom is -0.478 e. The van der Waals surface area contributed by atoms with Crippen molar-refractivity contribution in [1.82, 2.24) is 30.3 Å². The van der Waals surface area contributed by atoms with Crippen molar-refractivity contribution in [1.29, 1.82) is 0 Å². The zero-order valence-corrected chi connectivity index (χ0v) is 18.7. The fraction of sp³-hybridized carbons (Fsp3) is 0.238. The van der Waals surface area contributed by atoms with Gasteiger partial charge in [0.1, 0.15) is 0 Å². The van der Waals surface area contributed by atoms with Gasteiger partial charge in [-0.15, -0.1) is 5.10 Å². The van der Waals surface area contributed by atoms with Crippen LogP contribution in [0.2, 0.25) is 5.02 Å². The number of anilines is 2. The number of aryl methyl sites for hydroxylation is 1. The van der Waals surface area contributed by atoms with Crippen LogP contribution in [0.5, 0.6) is 5.75 Å². The molecule has 2 aromatic heterocycles. The Bertz CT molecular complexity index is 1310. The molecule has 172 valence electrons. The molecular formula is C21H20ClF2N7O2. The molecule has 4 aromatic rings. The van der Waals surface area contributed by atoms with Gasteiger partial charge in [-0.05, 0) is 38.1 Å². The highest BCUT2D eigenvalue weighted by Crippen LogP contribution is 2.32. The van der Waals surface area contributed by atoms with Crippen LogP contribution in [-0.4, -0.2) is 43.5 Å². The lowest BCUT2D eigenvalue weighted by atomic mass is 10.2. The van der Waals surface area contributed by atoms with E-state index in [1.54, 1.807) is 39.2 Å². The Balaban J connectivity index is 1.55. The quantitative estimate of drug-likeness (QED) is 0.373. The molecule has 0 aliphatic heterocycles. The molecule has 0 spiro atoms. The zero-order chi connectivity index (χ0) is 23.7. The standard InChI is InChI=1S/C21H20ClF2N7O2/c1-10(2)26-17(32)9-33-19-13(23)6-11(7-14(19)24)20-28-21(31(3)30-20)27-16-5-4-15-12(18(16)22)8-25-29-15/h4-8,10H,9H2,1-3H3,(H,25,29)(H,26,32)(H,27,28,30). The maximum Gasteiger partial charge on any atom is 0.258 e. The van der Waals surface area contributed by atoms with E-state index in [1.165, 1.54) is 4.68 Å². The third-order valence-electron chi connectivity index (χ3n) is 4.62. The Morgan fingerprint density at radius 2 is 2.00 bits per heavy atom. The third kappa shape index (κ3) is 4.72. The van der Waals surface area contributed by atoms with E-state index < -0.39 is 29.9 Å². The maximum absolute atomic E-state index is 14.5. The summed E-state index contributed by atoms with van der Waals surface area (Å²) in [4.78, 5) is 16.0. The molecule has 0 saturated heterocycles. The Kier molecular flexibility index (Phi) is 6.14. The summed E-state index contributed by atoms with van der Waals surface area (Å²) in [5.41, 5.74) is 1.44. The molecule has 0 unspecified atom stereocenters. The second-order valence-corrected chi connectivity index (χ2v) is 7.92. The van der Waals surface area contributed by atoms with E-state index >= 15 is 0 Å². The number of nitrogens with one attached hydrogen (secondary N) is 3. The van der Waals surface area contributed by atoms with Crippen molar-refractivity contribution >= 4 is 40.0 Å². The Hall–Kier alpha value is -3.73. The molecule has 12 heteroatoms. The number of ether oxygens (including phenoxy) is 1. The van der Waals surface area contributed by atoms with Gasteiger partial charge in [0.25, 0.3) is 5.91 Å². The first-order chi connectivity index (χ1) is 15.7. The van der Waals surface area contributed by atoms with Crippen molar-refractivity contribution in [2.75, 3.05) is 11.9 Å². The highest BCUT2D eigenvalue weighted by molar-refractivity contribution is 6.38. The number of aromatic amines is 1. The van der Waals surface area contributed by atoms with E-state index in [9.17, 15) is 13.6 Å².